The Bertz CT molecular complexity index is 1090. The molecule has 0 atom stereocenters. The summed E-state index contributed by atoms with van der Waals surface area (Å²) in [6.07, 6.45) is 0.616. The minimum Gasteiger partial charge on any atom is -0.294 e. The number of aldehydes is 1. The van der Waals surface area contributed by atoms with Gasteiger partial charge in [-0.2, -0.15) is 9.61 Å². The monoisotopic (exact) mass is 398 g/mol. The number of rotatable bonds is 3. The average molecular weight is 399 g/mol. The minimum atomic E-state index is 0.131. The maximum absolute atomic E-state index is 11.2. The summed E-state index contributed by atoms with van der Waals surface area (Å²) in [4.78, 5) is 11.2. The van der Waals surface area contributed by atoms with Crippen LogP contribution in [0.3, 0.4) is 0 Å². The molecule has 27 heavy (non-hydrogen) atoms. The molecule has 0 aliphatic rings. The molecule has 0 amide bonds. The van der Waals surface area contributed by atoms with Crippen LogP contribution in [0.25, 0.3) is 28.0 Å². The Kier molecular flexibility index (Phi) is 5.84. The predicted molar refractivity (Wildman–Crippen MR) is 108 cm³/mol. The van der Waals surface area contributed by atoms with Gasteiger partial charge < -0.3 is 0 Å². The van der Waals surface area contributed by atoms with Gasteiger partial charge in [0.2, 0.25) is 5.82 Å². The molecule has 2 heterocycles. The average Bonchev–Trinajstić information content (AvgIpc) is 3.12. The molecule has 0 fully saturated rings. The fraction of sp³-hybridized carbons (Fsp3) is 0.100. The van der Waals surface area contributed by atoms with E-state index in [-0.39, 0.29) is 5.82 Å². The van der Waals surface area contributed by atoms with Crippen molar-refractivity contribution < 1.29 is 4.79 Å². The molecule has 0 saturated heterocycles. The van der Waals surface area contributed by atoms with Gasteiger partial charge in [0.25, 0.3) is 0 Å². The molecule has 2 aromatic heterocycles. The molecule has 5 nitrogen and oxygen atoms in total. The summed E-state index contributed by atoms with van der Waals surface area (Å²) >= 11 is 12.4. The quantitative estimate of drug-likeness (QED) is 0.421. The molecule has 4 rings (SSSR count). The lowest BCUT2D eigenvalue weighted by molar-refractivity contribution is 0.111. The number of carbonyl (C=O) groups excluding carboxylic acids is 1. The Labute approximate surface area is 166 Å². The largest absolute Gasteiger partial charge is 0.294 e. The Hall–Kier alpha value is -2.76. The second kappa shape index (κ2) is 8.29. The highest BCUT2D eigenvalue weighted by Gasteiger charge is 2.16. The highest BCUT2D eigenvalue weighted by molar-refractivity contribution is 6.33. The van der Waals surface area contributed by atoms with E-state index in [0.717, 1.165) is 16.7 Å². The number of benzene rings is 2. The minimum absolute atomic E-state index is 0.131. The number of nitrogens with zero attached hydrogens (tertiary/aromatic N) is 4. The highest BCUT2D eigenvalue weighted by atomic mass is 35.5. The molecule has 136 valence electrons. The van der Waals surface area contributed by atoms with E-state index < -0.39 is 0 Å². The molecule has 0 bridgehead atoms. The molecule has 0 radical (unpaired) electrons. The molecule has 7 heteroatoms. The summed E-state index contributed by atoms with van der Waals surface area (Å²) in [5.74, 6) is 0.131. The van der Waals surface area contributed by atoms with E-state index in [1.54, 1.807) is 18.2 Å². The second-order valence-corrected chi connectivity index (χ2v) is 6.18. The van der Waals surface area contributed by atoms with E-state index >= 15 is 0 Å². The maximum Gasteiger partial charge on any atom is 0.217 e. The molecule has 0 spiro atoms. The lowest BCUT2D eigenvalue weighted by atomic mass is 10.00. The molecule has 0 aliphatic carbocycles. The van der Waals surface area contributed by atoms with E-state index in [1.165, 1.54) is 4.52 Å². The van der Waals surface area contributed by atoms with Crippen molar-refractivity contribution in [3.8, 4) is 22.4 Å². The topological polar surface area (TPSA) is 60.2 Å². The van der Waals surface area contributed by atoms with Crippen LogP contribution in [0.2, 0.25) is 10.0 Å². The first-order valence-corrected chi connectivity index (χ1v) is 9.15. The van der Waals surface area contributed by atoms with Crippen LogP contribution >= 0.6 is 23.2 Å². The van der Waals surface area contributed by atoms with E-state index in [4.69, 9.17) is 23.2 Å². The van der Waals surface area contributed by atoms with Gasteiger partial charge in [-0.1, -0.05) is 67.4 Å². The van der Waals surface area contributed by atoms with Crippen LogP contribution in [0.1, 0.15) is 24.5 Å². The number of fused-ring (bicyclic) bond motifs is 1. The van der Waals surface area contributed by atoms with Crippen molar-refractivity contribution in [3.63, 3.8) is 0 Å². The lowest BCUT2D eigenvalue weighted by Crippen LogP contribution is -2.01. The van der Waals surface area contributed by atoms with Gasteiger partial charge in [0.15, 0.2) is 11.9 Å². The Morgan fingerprint density at radius 1 is 0.926 bits per heavy atom. The zero-order chi connectivity index (χ0) is 19.4. The highest BCUT2D eigenvalue weighted by Crippen LogP contribution is 2.35. The van der Waals surface area contributed by atoms with Gasteiger partial charge in [-0.3, -0.25) is 4.79 Å². The molecule has 0 aliphatic heterocycles. The van der Waals surface area contributed by atoms with E-state index in [0.29, 0.717) is 27.7 Å². The summed E-state index contributed by atoms with van der Waals surface area (Å²) in [6, 6.07) is 16.6. The van der Waals surface area contributed by atoms with Crippen molar-refractivity contribution in [3.05, 3.63) is 70.5 Å². The number of aromatic nitrogens is 4. The Morgan fingerprint density at radius 2 is 1.63 bits per heavy atom. The maximum atomic E-state index is 11.2. The zero-order valence-electron chi connectivity index (χ0n) is 14.7. The molecule has 0 saturated carbocycles. The molecule has 4 aromatic rings. The smallest absolute Gasteiger partial charge is 0.217 e. The molecular weight excluding hydrogens is 383 g/mol. The predicted octanol–water partition coefficient (Wildman–Crippen LogP) is 5.60. The first-order valence-electron chi connectivity index (χ1n) is 8.40. The van der Waals surface area contributed by atoms with E-state index in [2.05, 4.69) is 15.3 Å². The van der Waals surface area contributed by atoms with Gasteiger partial charge in [-0.25, -0.2) is 0 Å². The Morgan fingerprint density at radius 3 is 2.30 bits per heavy atom. The third-order valence-corrected chi connectivity index (χ3v) is 4.39. The van der Waals surface area contributed by atoms with Crippen molar-refractivity contribution in [1.82, 2.24) is 19.8 Å². The van der Waals surface area contributed by atoms with Crippen LogP contribution in [0, 0.1) is 0 Å². The third kappa shape index (κ3) is 3.70. The fourth-order valence-electron chi connectivity index (χ4n) is 2.62. The van der Waals surface area contributed by atoms with Gasteiger partial charge in [-0.15, -0.1) is 10.2 Å². The van der Waals surface area contributed by atoms with Crippen molar-refractivity contribution in [2.75, 3.05) is 0 Å². The van der Waals surface area contributed by atoms with Crippen LogP contribution in [-0.4, -0.2) is 26.1 Å². The van der Waals surface area contributed by atoms with Crippen molar-refractivity contribution >= 4 is 35.1 Å². The fourth-order valence-corrected chi connectivity index (χ4v) is 2.97. The van der Waals surface area contributed by atoms with Crippen LogP contribution in [-0.2, 0) is 0 Å². The number of carbonyl (C=O) groups is 1. The van der Waals surface area contributed by atoms with Crippen LogP contribution in [0.5, 0.6) is 0 Å². The van der Waals surface area contributed by atoms with Crippen molar-refractivity contribution in [1.29, 1.82) is 0 Å². The van der Waals surface area contributed by atoms with Crippen molar-refractivity contribution in [2.45, 2.75) is 13.8 Å². The SMILES string of the molecule is CC.O=Cc1nnc2cc(-c3ccc(Cl)cc3)c(-c3ccccc3Cl)nn12. The van der Waals surface area contributed by atoms with Crippen LogP contribution < -0.4 is 0 Å². The van der Waals surface area contributed by atoms with Gasteiger partial charge in [0, 0.05) is 16.1 Å². The molecule has 0 N–H and O–H groups in total. The van der Waals surface area contributed by atoms with Gasteiger partial charge >= 0.3 is 0 Å². The molecule has 0 unspecified atom stereocenters. The summed E-state index contributed by atoms with van der Waals surface area (Å²) in [5.41, 5.74) is 3.58. The van der Waals surface area contributed by atoms with Crippen LogP contribution in [0.15, 0.2) is 54.6 Å². The zero-order valence-corrected chi connectivity index (χ0v) is 16.2. The van der Waals surface area contributed by atoms with Gasteiger partial charge in [0.05, 0.1) is 5.02 Å². The lowest BCUT2D eigenvalue weighted by Gasteiger charge is -2.11. The van der Waals surface area contributed by atoms with E-state index in [1.807, 2.05) is 50.2 Å². The van der Waals surface area contributed by atoms with Crippen LogP contribution in [0.4, 0.5) is 0 Å². The normalized spacial score (nSPS) is 10.4. The summed E-state index contributed by atoms with van der Waals surface area (Å²) < 4.78 is 1.41. The summed E-state index contributed by atoms with van der Waals surface area (Å²) in [6.45, 7) is 4.00. The summed E-state index contributed by atoms with van der Waals surface area (Å²) in [7, 11) is 0. The third-order valence-electron chi connectivity index (χ3n) is 3.81. The first kappa shape index (κ1) is 19.0. The second-order valence-electron chi connectivity index (χ2n) is 5.34. The van der Waals surface area contributed by atoms with Gasteiger partial charge in [0.1, 0.15) is 5.69 Å². The summed E-state index contributed by atoms with van der Waals surface area (Å²) in [5, 5.41) is 13.6. The molecular formula is C20H16Cl2N4O. The van der Waals surface area contributed by atoms with E-state index in [9.17, 15) is 4.79 Å². The Balaban J connectivity index is 0.00000102. The van der Waals surface area contributed by atoms with Gasteiger partial charge in [-0.05, 0) is 29.8 Å². The first-order chi connectivity index (χ1) is 13.2. The number of hydrogen-bond donors (Lipinski definition) is 0. The van der Waals surface area contributed by atoms with Crippen molar-refractivity contribution in [2.24, 2.45) is 0 Å². The number of halogens is 2. The number of hydrogen-bond acceptors (Lipinski definition) is 4. The molecule has 2 aromatic carbocycles. The standard InChI is InChI=1S/C18H10Cl2N4O.C2H6/c19-12-7-5-11(6-8-12)14-9-16-21-22-17(10-25)24(16)23-18(14)13-3-1-2-4-15(13)20;1-2/h1-10H;1-2H3.